The van der Waals surface area contributed by atoms with Crippen LogP contribution < -0.4 is 0 Å². The van der Waals surface area contributed by atoms with E-state index in [1.54, 1.807) is 0 Å². The van der Waals surface area contributed by atoms with Crippen LogP contribution in [0.25, 0.3) is 0 Å². The van der Waals surface area contributed by atoms with E-state index in [0.717, 1.165) is 12.8 Å². The fraction of sp³-hybridized carbons (Fsp3) is 0.846. The zero-order valence-electron chi connectivity index (χ0n) is 10.3. The molecule has 4 nitrogen and oxygen atoms in total. The molecule has 4 atom stereocenters. The van der Waals surface area contributed by atoms with Gasteiger partial charge in [0.15, 0.2) is 0 Å². The van der Waals surface area contributed by atoms with Gasteiger partial charge in [0.05, 0.1) is 12.2 Å². The summed E-state index contributed by atoms with van der Waals surface area (Å²) in [5, 5.41) is 19.3. The highest BCUT2D eigenvalue weighted by Gasteiger charge is 2.41. The Balaban J connectivity index is 2.39. The van der Waals surface area contributed by atoms with Crippen molar-refractivity contribution in [2.45, 2.75) is 57.7 Å². The minimum atomic E-state index is -0.752. The summed E-state index contributed by atoms with van der Waals surface area (Å²) < 4.78 is 0. The van der Waals surface area contributed by atoms with E-state index in [-0.39, 0.29) is 18.1 Å². The molecule has 1 fully saturated rings. The molecule has 4 unspecified atom stereocenters. The highest BCUT2D eigenvalue weighted by atomic mass is 16.3. The summed E-state index contributed by atoms with van der Waals surface area (Å²) in [5.41, 5.74) is 0. The second-order valence-corrected chi connectivity index (χ2v) is 4.93. The average molecular weight is 242 g/mol. The molecule has 2 N–H and O–H groups in total. The van der Waals surface area contributed by atoms with Crippen LogP contribution in [0.1, 0.15) is 45.4 Å². The molecule has 0 spiro atoms. The first-order chi connectivity index (χ1) is 8.10. The first-order valence-corrected chi connectivity index (χ1v) is 6.43. The largest absolute Gasteiger partial charge is 0.393 e. The predicted molar refractivity (Wildman–Crippen MR) is 63.4 cm³/mol. The number of carbonyl (C=O) groups excluding carboxylic acids is 2. The van der Waals surface area contributed by atoms with Gasteiger partial charge in [-0.25, -0.2) is 0 Å². The Labute approximate surface area is 102 Å². The molecule has 0 aliphatic heterocycles. The number of ketones is 1. The van der Waals surface area contributed by atoms with Gasteiger partial charge in [-0.3, -0.25) is 4.79 Å². The van der Waals surface area contributed by atoms with E-state index in [4.69, 9.17) is 0 Å². The van der Waals surface area contributed by atoms with Crippen molar-refractivity contribution in [1.29, 1.82) is 0 Å². The Morgan fingerprint density at radius 2 is 2.00 bits per heavy atom. The predicted octanol–water partition coefficient (Wildman–Crippen LogP) is 1.08. The number of hydrogen-bond donors (Lipinski definition) is 2. The molecule has 1 rings (SSSR count). The Morgan fingerprint density at radius 3 is 2.59 bits per heavy atom. The molecule has 0 saturated heterocycles. The van der Waals surface area contributed by atoms with Gasteiger partial charge in [-0.1, -0.05) is 13.3 Å². The summed E-state index contributed by atoms with van der Waals surface area (Å²) in [6.07, 6.45) is 2.92. The first kappa shape index (κ1) is 14.3. The number of hydrogen-bond acceptors (Lipinski definition) is 4. The van der Waals surface area contributed by atoms with Crippen LogP contribution in [0.4, 0.5) is 0 Å². The van der Waals surface area contributed by atoms with E-state index < -0.39 is 18.1 Å². The van der Waals surface area contributed by atoms with Crippen molar-refractivity contribution in [1.82, 2.24) is 0 Å². The molecule has 0 aromatic rings. The van der Waals surface area contributed by atoms with Crippen LogP contribution >= 0.6 is 0 Å². The van der Waals surface area contributed by atoms with E-state index >= 15 is 0 Å². The second-order valence-electron chi connectivity index (χ2n) is 4.93. The summed E-state index contributed by atoms with van der Waals surface area (Å²) in [6, 6.07) is 0. The van der Waals surface area contributed by atoms with Crippen LogP contribution in [0, 0.1) is 11.8 Å². The van der Waals surface area contributed by atoms with E-state index in [0.29, 0.717) is 25.5 Å². The zero-order chi connectivity index (χ0) is 12.8. The van der Waals surface area contributed by atoms with Gasteiger partial charge < -0.3 is 15.0 Å². The van der Waals surface area contributed by atoms with Gasteiger partial charge in [0.2, 0.25) is 0 Å². The fourth-order valence-electron chi connectivity index (χ4n) is 2.52. The first-order valence-electron chi connectivity index (χ1n) is 6.43. The summed E-state index contributed by atoms with van der Waals surface area (Å²) >= 11 is 0. The van der Waals surface area contributed by atoms with E-state index in [9.17, 15) is 19.8 Å². The van der Waals surface area contributed by atoms with Crippen molar-refractivity contribution < 1.29 is 19.8 Å². The molecule has 0 bridgehead atoms. The van der Waals surface area contributed by atoms with Crippen LogP contribution in [-0.4, -0.2) is 34.5 Å². The summed E-state index contributed by atoms with van der Waals surface area (Å²) in [6.45, 7) is 2.03. The molecule has 0 radical (unpaired) electrons. The number of rotatable bonds is 7. The zero-order valence-corrected chi connectivity index (χ0v) is 10.3. The number of unbranched alkanes of at least 4 members (excludes halogenated alkanes) is 1. The van der Waals surface area contributed by atoms with Gasteiger partial charge in [-0.05, 0) is 18.8 Å². The van der Waals surface area contributed by atoms with Crippen molar-refractivity contribution in [3.05, 3.63) is 0 Å². The average Bonchev–Trinajstić information content (AvgIpc) is 2.57. The smallest absolute Gasteiger partial charge is 0.132 e. The maximum Gasteiger partial charge on any atom is 0.132 e. The normalized spacial score (nSPS) is 32.6. The number of carbonyl (C=O) groups is 2. The fourth-order valence-corrected chi connectivity index (χ4v) is 2.52. The summed E-state index contributed by atoms with van der Waals surface area (Å²) in [7, 11) is 0. The standard InChI is InChI=1S/C13H22O4/c1-2-3-4-9(15)5-6-10-11(8-14)13(17)7-12(10)16/h8,10-13,16-17H,2-7H2,1H3. The van der Waals surface area contributed by atoms with Gasteiger partial charge in [-0.15, -0.1) is 0 Å². The molecule has 0 heterocycles. The molecule has 0 aromatic heterocycles. The monoisotopic (exact) mass is 242 g/mol. The van der Waals surface area contributed by atoms with Gasteiger partial charge in [0, 0.05) is 25.2 Å². The molecule has 1 aliphatic rings. The van der Waals surface area contributed by atoms with Crippen LogP contribution in [0.5, 0.6) is 0 Å². The van der Waals surface area contributed by atoms with Crippen LogP contribution in [0.15, 0.2) is 0 Å². The van der Waals surface area contributed by atoms with Gasteiger partial charge >= 0.3 is 0 Å². The highest BCUT2D eigenvalue weighted by Crippen LogP contribution is 2.34. The Morgan fingerprint density at radius 1 is 1.29 bits per heavy atom. The molecule has 17 heavy (non-hydrogen) atoms. The molecular formula is C13H22O4. The third-order valence-electron chi connectivity index (χ3n) is 3.64. The van der Waals surface area contributed by atoms with E-state index in [2.05, 4.69) is 0 Å². The third-order valence-corrected chi connectivity index (χ3v) is 3.64. The van der Waals surface area contributed by atoms with Crippen molar-refractivity contribution in [2.75, 3.05) is 0 Å². The minimum Gasteiger partial charge on any atom is -0.393 e. The number of Topliss-reactive ketones (excluding diaryl/α,β-unsaturated/α-hetero) is 1. The van der Waals surface area contributed by atoms with Crippen molar-refractivity contribution >= 4 is 12.1 Å². The Bertz CT molecular complexity index is 264. The van der Waals surface area contributed by atoms with Gasteiger partial charge in [0.25, 0.3) is 0 Å². The van der Waals surface area contributed by atoms with Crippen molar-refractivity contribution in [3.8, 4) is 0 Å². The number of aliphatic hydroxyl groups is 2. The molecule has 98 valence electrons. The van der Waals surface area contributed by atoms with Crippen LogP contribution in [0.3, 0.4) is 0 Å². The molecule has 0 aromatic carbocycles. The van der Waals surface area contributed by atoms with Crippen molar-refractivity contribution in [3.63, 3.8) is 0 Å². The maximum atomic E-state index is 11.5. The lowest BCUT2D eigenvalue weighted by atomic mass is 9.89. The number of aldehydes is 1. The van der Waals surface area contributed by atoms with Crippen molar-refractivity contribution in [2.24, 2.45) is 11.8 Å². The Kier molecular flexibility index (Phi) is 5.78. The molecule has 0 amide bonds. The lowest BCUT2D eigenvalue weighted by Gasteiger charge is -2.18. The lowest BCUT2D eigenvalue weighted by Crippen LogP contribution is -2.24. The quantitative estimate of drug-likeness (QED) is 0.655. The third kappa shape index (κ3) is 3.89. The van der Waals surface area contributed by atoms with Crippen LogP contribution in [-0.2, 0) is 9.59 Å². The maximum absolute atomic E-state index is 11.5. The van der Waals surface area contributed by atoms with Crippen LogP contribution in [0.2, 0.25) is 0 Å². The second kappa shape index (κ2) is 6.87. The summed E-state index contributed by atoms with van der Waals surface area (Å²) in [5.74, 6) is -0.581. The molecule has 1 saturated carbocycles. The molecular weight excluding hydrogens is 220 g/mol. The minimum absolute atomic E-state index is 0.185. The summed E-state index contributed by atoms with van der Waals surface area (Å²) in [4.78, 5) is 22.3. The SMILES string of the molecule is CCCCC(=O)CCC1C(O)CC(O)C1C=O. The topological polar surface area (TPSA) is 74.6 Å². The van der Waals surface area contributed by atoms with Gasteiger partial charge in [-0.2, -0.15) is 0 Å². The highest BCUT2D eigenvalue weighted by molar-refractivity contribution is 5.78. The molecule has 4 heteroatoms. The van der Waals surface area contributed by atoms with E-state index in [1.807, 2.05) is 6.92 Å². The van der Waals surface area contributed by atoms with E-state index in [1.165, 1.54) is 0 Å². The lowest BCUT2D eigenvalue weighted by molar-refractivity contribution is -0.120. The number of aliphatic hydroxyl groups excluding tert-OH is 2. The Hall–Kier alpha value is -0.740. The van der Waals surface area contributed by atoms with Gasteiger partial charge in [0.1, 0.15) is 12.1 Å². The molecule has 1 aliphatic carbocycles.